The number of carbonyl (C=O) groups is 2. The van der Waals surface area contributed by atoms with Crippen LogP contribution < -0.4 is 31.9 Å². The third-order valence-corrected chi connectivity index (χ3v) is 8.88. The Morgan fingerprint density at radius 3 is 1.63 bits per heavy atom. The molecule has 0 saturated heterocycles. The van der Waals surface area contributed by atoms with Gasteiger partial charge < -0.3 is 31.9 Å². The van der Waals surface area contributed by atoms with E-state index in [1.807, 2.05) is 97.9 Å². The summed E-state index contributed by atoms with van der Waals surface area (Å²) >= 11 is 3.47. The smallest absolute Gasteiger partial charge is 0.229 e. The molecule has 6 N–H and O–H groups in total. The summed E-state index contributed by atoms with van der Waals surface area (Å²) in [5.41, 5.74) is 8.65. The van der Waals surface area contributed by atoms with Crippen LogP contribution in [0.4, 0.5) is 57.7 Å². The maximum absolute atomic E-state index is 11.5. The van der Waals surface area contributed by atoms with Gasteiger partial charge in [-0.1, -0.05) is 36.4 Å². The van der Waals surface area contributed by atoms with E-state index in [-0.39, 0.29) is 11.8 Å². The number of amides is 2. The number of fused-ring (bicyclic) bond motifs is 2. The minimum absolute atomic E-state index is 0.0612. The third kappa shape index (κ3) is 8.68. The summed E-state index contributed by atoms with van der Waals surface area (Å²) in [5, 5.41) is 18.8. The van der Waals surface area contributed by atoms with Gasteiger partial charge >= 0.3 is 0 Å². The molecule has 4 heterocycles. The molecule has 6 aromatic rings. The predicted octanol–water partition coefficient (Wildman–Crippen LogP) is 8.77. The van der Waals surface area contributed by atoms with E-state index in [2.05, 4.69) is 73.8 Å². The number of nitrogens with one attached hydrogen (secondary N) is 6. The normalized spacial score (nSPS) is 12.9. The summed E-state index contributed by atoms with van der Waals surface area (Å²) in [6.07, 6.45) is 6.02. The molecular formula is C39H35BrN10O2. The van der Waals surface area contributed by atoms with Crippen LogP contribution in [0.5, 0.6) is 0 Å². The van der Waals surface area contributed by atoms with E-state index >= 15 is 0 Å². The molecule has 0 atom stereocenters. The Morgan fingerprint density at radius 2 is 1.04 bits per heavy atom. The largest absolute Gasteiger partial charge is 0.340 e. The molecule has 0 saturated carbocycles. The van der Waals surface area contributed by atoms with Gasteiger partial charge in [0.15, 0.2) is 0 Å². The number of para-hydroxylation sites is 2. The molecule has 0 radical (unpaired) electrons. The first-order valence-corrected chi connectivity index (χ1v) is 17.5. The highest BCUT2D eigenvalue weighted by molar-refractivity contribution is 9.10. The summed E-state index contributed by atoms with van der Waals surface area (Å²) in [5.74, 6) is 2.59. The van der Waals surface area contributed by atoms with E-state index in [0.717, 1.165) is 73.9 Å². The molecule has 52 heavy (non-hydrogen) atoms. The zero-order valence-corrected chi connectivity index (χ0v) is 29.8. The molecule has 0 aliphatic carbocycles. The van der Waals surface area contributed by atoms with Crippen molar-refractivity contribution >= 4 is 85.4 Å². The summed E-state index contributed by atoms with van der Waals surface area (Å²) in [6.45, 7) is 1.97. The minimum Gasteiger partial charge on any atom is -0.340 e. The van der Waals surface area contributed by atoms with Crippen molar-refractivity contribution in [2.75, 3.05) is 31.9 Å². The van der Waals surface area contributed by atoms with Gasteiger partial charge in [0.05, 0.1) is 4.47 Å². The summed E-state index contributed by atoms with van der Waals surface area (Å²) in [6, 6.07) is 31.4. The average Bonchev–Trinajstić information content (AvgIpc) is 3.16. The van der Waals surface area contributed by atoms with Gasteiger partial charge in [0.1, 0.15) is 11.6 Å². The topological polar surface area (TPSA) is 158 Å². The standard InChI is InChI=1S/C20H19N5O.C19H16BrN5O/c1-13-12-21-20(23-15-5-3-2-4-6-15)25-19(13)22-16-8-9-17-14(11-16)7-10-18(26)24-17;20-15-11-21-19(25-18(15)22-13-4-2-1-3-5-13)23-14-7-8-16-12(10-14)6-9-17(26)24-16/h2-6,8-9,11-12H,7,10H2,1H3,(H,24,26)(H2,21,22,23,25);1-5,7-8,10-11H,6,9H2,(H,24,26)(H2,21,22,23,25). The lowest BCUT2D eigenvalue weighted by atomic mass is 10.0. The Balaban J connectivity index is 0.000000162. The lowest BCUT2D eigenvalue weighted by molar-refractivity contribution is -0.117. The number of aryl methyl sites for hydroxylation is 3. The number of hydrogen-bond acceptors (Lipinski definition) is 10. The van der Waals surface area contributed by atoms with Gasteiger partial charge in [-0.15, -0.1) is 0 Å². The number of aromatic nitrogens is 4. The van der Waals surface area contributed by atoms with Crippen LogP contribution in [0.25, 0.3) is 0 Å². The molecule has 260 valence electrons. The zero-order chi connectivity index (χ0) is 35.9. The predicted molar refractivity (Wildman–Crippen MR) is 209 cm³/mol. The Labute approximate surface area is 309 Å². The van der Waals surface area contributed by atoms with Gasteiger partial charge in [0, 0.05) is 64.9 Å². The second-order valence-corrected chi connectivity index (χ2v) is 13.0. The van der Waals surface area contributed by atoms with Gasteiger partial charge in [-0.3, -0.25) is 9.59 Å². The van der Waals surface area contributed by atoms with Crippen molar-refractivity contribution in [3.8, 4) is 0 Å². The van der Waals surface area contributed by atoms with Gasteiger partial charge in [0.25, 0.3) is 0 Å². The highest BCUT2D eigenvalue weighted by atomic mass is 79.9. The Bertz CT molecular complexity index is 2240. The second-order valence-electron chi connectivity index (χ2n) is 12.2. The highest BCUT2D eigenvalue weighted by Crippen LogP contribution is 2.30. The molecule has 0 bridgehead atoms. The molecular weight excluding hydrogens is 720 g/mol. The maximum Gasteiger partial charge on any atom is 0.229 e. The summed E-state index contributed by atoms with van der Waals surface area (Å²) < 4.78 is 0.778. The first-order valence-electron chi connectivity index (χ1n) is 16.7. The SMILES string of the molecule is Cc1cnc(Nc2ccccc2)nc1Nc1ccc2c(c1)CCC(=O)N2.O=C1CCc2cc(Nc3ncc(Br)c(Nc4ccccc4)n3)ccc2N1. The number of benzene rings is 4. The van der Waals surface area contributed by atoms with E-state index in [9.17, 15) is 9.59 Å². The van der Waals surface area contributed by atoms with Crippen molar-refractivity contribution in [3.05, 3.63) is 131 Å². The van der Waals surface area contributed by atoms with Crippen molar-refractivity contribution in [1.82, 2.24) is 19.9 Å². The molecule has 0 spiro atoms. The second kappa shape index (κ2) is 15.7. The fraction of sp³-hybridized carbons (Fsp3) is 0.128. The summed E-state index contributed by atoms with van der Waals surface area (Å²) in [7, 11) is 0. The third-order valence-electron chi connectivity index (χ3n) is 8.30. The Morgan fingerprint density at radius 1 is 0.558 bits per heavy atom. The van der Waals surface area contributed by atoms with E-state index < -0.39 is 0 Å². The highest BCUT2D eigenvalue weighted by Gasteiger charge is 2.17. The van der Waals surface area contributed by atoms with Gasteiger partial charge in [-0.05, 0) is 107 Å². The number of hydrogen-bond donors (Lipinski definition) is 6. The molecule has 2 aromatic heterocycles. The van der Waals surface area contributed by atoms with Crippen LogP contribution >= 0.6 is 15.9 Å². The van der Waals surface area contributed by atoms with Crippen molar-refractivity contribution < 1.29 is 9.59 Å². The van der Waals surface area contributed by atoms with E-state index in [4.69, 9.17) is 0 Å². The van der Waals surface area contributed by atoms with Crippen molar-refractivity contribution in [3.63, 3.8) is 0 Å². The van der Waals surface area contributed by atoms with E-state index in [1.54, 1.807) is 12.4 Å². The van der Waals surface area contributed by atoms with Crippen molar-refractivity contribution in [1.29, 1.82) is 0 Å². The molecule has 2 amide bonds. The molecule has 0 fully saturated rings. The fourth-order valence-electron chi connectivity index (χ4n) is 5.64. The number of carbonyl (C=O) groups excluding carboxylic acids is 2. The molecule has 2 aliphatic heterocycles. The number of nitrogens with zero attached hydrogens (tertiary/aromatic N) is 4. The van der Waals surface area contributed by atoms with Gasteiger partial charge in [-0.2, -0.15) is 9.97 Å². The average molecular weight is 756 g/mol. The van der Waals surface area contributed by atoms with Crippen molar-refractivity contribution in [2.24, 2.45) is 0 Å². The fourth-order valence-corrected chi connectivity index (χ4v) is 5.93. The maximum atomic E-state index is 11.5. The Kier molecular flexibility index (Phi) is 10.3. The van der Waals surface area contributed by atoms with Crippen LogP contribution in [-0.4, -0.2) is 31.8 Å². The zero-order valence-electron chi connectivity index (χ0n) is 28.2. The van der Waals surface area contributed by atoms with Crippen LogP contribution in [0.2, 0.25) is 0 Å². The van der Waals surface area contributed by atoms with Crippen LogP contribution in [-0.2, 0) is 22.4 Å². The first-order chi connectivity index (χ1) is 25.3. The molecule has 2 aliphatic rings. The van der Waals surface area contributed by atoms with Gasteiger partial charge in [0.2, 0.25) is 23.7 Å². The molecule has 0 unspecified atom stereocenters. The van der Waals surface area contributed by atoms with Gasteiger partial charge in [-0.25, -0.2) is 9.97 Å². The molecule has 8 rings (SSSR count). The molecule has 12 nitrogen and oxygen atoms in total. The van der Waals surface area contributed by atoms with Crippen LogP contribution in [0.15, 0.2) is 114 Å². The number of halogens is 1. The number of rotatable bonds is 8. The lowest BCUT2D eigenvalue weighted by Gasteiger charge is -2.18. The molecule has 13 heteroatoms. The monoisotopic (exact) mass is 754 g/mol. The first kappa shape index (κ1) is 34.1. The van der Waals surface area contributed by atoms with Crippen LogP contribution in [0.3, 0.4) is 0 Å². The van der Waals surface area contributed by atoms with Crippen LogP contribution in [0.1, 0.15) is 29.5 Å². The van der Waals surface area contributed by atoms with E-state index in [1.165, 1.54) is 0 Å². The molecule has 4 aromatic carbocycles. The van der Waals surface area contributed by atoms with Crippen LogP contribution in [0, 0.1) is 6.92 Å². The quantitative estimate of drug-likeness (QED) is 0.0887. The number of anilines is 10. The lowest BCUT2D eigenvalue weighted by Crippen LogP contribution is -2.18. The van der Waals surface area contributed by atoms with E-state index in [0.29, 0.717) is 30.6 Å². The summed E-state index contributed by atoms with van der Waals surface area (Å²) in [4.78, 5) is 40.7. The van der Waals surface area contributed by atoms with Crippen molar-refractivity contribution in [2.45, 2.75) is 32.6 Å². The Hall–Kier alpha value is -6.34. The minimum atomic E-state index is 0.0612.